The number of hydrogen-bond donors (Lipinski definition) is 0. The molecule has 2 heteroatoms. The number of ether oxygens (including phenoxy) is 1. The molecule has 0 N–H and O–H groups in total. The number of thioether (sulfide) groups is 1. The predicted octanol–water partition coefficient (Wildman–Crippen LogP) is 2.09. The second-order valence-electron chi connectivity index (χ2n) is 2.33. The Morgan fingerprint density at radius 1 is 1.00 bits per heavy atom. The summed E-state index contributed by atoms with van der Waals surface area (Å²) in [7, 11) is 0. The minimum Gasteiger partial charge on any atom is -0.381 e. The predicted molar refractivity (Wildman–Crippen MR) is 46.5 cm³/mol. The maximum absolute atomic E-state index is 4.94. The van der Waals surface area contributed by atoms with Crippen LogP contribution in [0.25, 0.3) is 0 Å². The average molecular weight is 158 g/mol. The summed E-state index contributed by atoms with van der Waals surface area (Å²) in [6, 6.07) is 0. The fraction of sp³-hybridized carbons (Fsp3) is 0.750. The van der Waals surface area contributed by atoms with Crippen LogP contribution in [-0.4, -0.2) is 24.7 Å². The molecule has 0 unspecified atom stereocenters. The van der Waals surface area contributed by atoms with Crippen molar-refractivity contribution >= 4 is 11.8 Å². The van der Waals surface area contributed by atoms with Gasteiger partial charge in [0.05, 0.1) is 0 Å². The monoisotopic (exact) mass is 158 g/mol. The Balaban J connectivity index is 0.0000001000. The van der Waals surface area contributed by atoms with Crippen molar-refractivity contribution in [3.8, 4) is 0 Å². The molecule has 2 aliphatic heterocycles. The minimum atomic E-state index is 1.00. The van der Waals surface area contributed by atoms with Crippen LogP contribution in [0.5, 0.6) is 0 Å². The standard InChI is InChI=1S/C4H8O.C4H6S/c2*1-2-4-5-3-1/h1-4H2;1-2H,3-4H2. The van der Waals surface area contributed by atoms with Crippen LogP contribution in [0.15, 0.2) is 12.2 Å². The highest BCUT2D eigenvalue weighted by Crippen LogP contribution is 2.06. The van der Waals surface area contributed by atoms with E-state index in [1.807, 2.05) is 11.8 Å². The van der Waals surface area contributed by atoms with Gasteiger partial charge in [-0.15, -0.1) is 0 Å². The topological polar surface area (TPSA) is 9.23 Å². The normalized spacial score (nSPS) is 22.4. The van der Waals surface area contributed by atoms with Crippen molar-refractivity contribution in [1.29, 1.82) is 0 Å². The molecule has 0 amide bonds. The van der Waals surface area contributed by atoms with Gasteiger partial charge in [-0.05, 0) is 12.8 Å². The van der Waals surface area contributed by atoms with Crippen molar-refractivity contribution in [2.24, 2.45) is 0 Å². The molecule has 1 fully saturated rings. The molecule has 2 aliphatic rings. The van der Waals surface area contributed by atoms with Gasteiger partial charge in [0.25, 0.3) is 0 Å². The first-order valence-corrected chi connectivity index (χ1v) is 4.96. The van der Waals surface area contributed by atoms with Crippen LogP contribution in [0.1, 0.15) is 12.8 Å². The van der Waals surface area contributed by atoms with E-state index < -0.39 is 0 Å². The smallest absolute Gasteiger partial charge is 0.0466 e. The lowest BCUT2D eigenvalue weighted by Gasteiger charge is -1.76. The van der Waals surface area contributed by atoms with Gasteiger partial charge in [0, 0.05) is 24.7 Å². The molecule has 2 heterocycles. The van der Waals surface area contributed by atoms with Gasteiger partial charge in [0.1, 0.15) is 0 Å². The Morgan fingerprint density at radius 3 is 1.80 bits per heavy atom. The summed E-state index contributed by atoms with van der Waals surface area (Å²) in [6.45, 7) is 2.00. The molecule has 0 saturated carbocycles. The van der Waals surface area contributed by atoms with Crippen molar-refractivity contribution in [2.45, 2.75) is 12.8 Å². The maximum atomic E-state index is 4.94. The third-order valence-corrected chi connectivity index (χ3v) is 2.28. The van der Waals surface area contributed by atoms with Crippen molar-refractivity contribution in [3.63, 3.8) is 0 Å². The Morgan fingerprint density at radius 2 is 1.60 bits per heavy atom. The van der Waals surface area contributed by atoms with E-state index in [2.05, 4.69) is 12.2 Å². The fourth-order valence-corrected chi connectivity index (χ4v) is 1.53. The zero-order valence-electron chi connectivity index (χ0n) is 6.21. The molecule has 0 aromatic heterocycles. The highest BCUT2D eigenvalue weighted by Gasteiger charge is 1.94. The Hall–Kier alpha value is 0.0500. The van der Waals surface area contributed by atoms with Gasteiger partial charge in [-0.1, -0.05) is 12.2 Å². The van der Waals surface area contributed by atoms with Crippen LogP contribution in [0.2, 0.25) is 0 Å². The third-order valence-electron chi connectivity index (χ3n) is 1.42. The molecule has 0 aliphatic carbocycles. The van der Waals surface area contributed by atoms with E-state index in [1.165, 1.54) is 24.3 Å². The lowest BCUT2D eigenvalue weighted by Crippen LogP contribution is -1.74. The van der Waals surface area contributed by atoms with Gasteiger partial charge < -0.3 is 4.74 Å². The molecule has 0 spiro atoms. The molecule has 1 nitrogen and oxygen atoms in total. The molecule has 0 atom stereocenters. The summed E-state index contributed by atoms with van der Waals surface area (Å²) in [5, 5.41) is 0. The van der Waals surface area contributed by atoms with E-state index in [-0.39, 0.29) is 0 Å². The molecule has 0 aromatic carbocycles. The van der Waals surface area contributed by atoms with Crippen LogP contribution in [-0.2, 0) is 4.74 Å². The second-order valence-corrected chi connectivity index (χ2v) is 3.40. The molecular formula is C8H14OS. The van der Waals surface area contributed by atoms with Gasteiger partial charge >= 0.3 is 0 Å². The second kappa shape index (κ2) is 5.81. The lowest BCUT2D eigenvalue weighted by molar-refractivity contribution is 0.198. The van der Waals surface area contributed by atoms with Gasteiger partial charge in [-0.2, -0.15) is 11.8 Å². The van der Waals surface area contributed by atoms with Crippen LogP contribution in [0.4, 0.5) is 0 Å². The molecule has 0 radical (unpaired) electrons. The van der Waals surface area contributed by atoms with Crippen LogP contribution < -0.4 is 0 Å². The van der Waals surface area contributed by atoms with Crippen LogP contribution in [0.3, 0.4) is 0 Å². The fourth-order valence-electron chi connectivity index (χ4n) is 0.851. The van der Waals surface area contributed by atoms with Gasteiger partial charge in [0.15, 0.2) is 0 Å². The zero-order chi connectivity index (χ0) is 7.07. The highest BCUT2D eigenvalue weighted by atomic mass is 32.2. The van der Waals surface area contributed by atoms with Crippen LogP contribution >= 0.6 is 11.8 Å². The van der Waals surface area contributed by atoms with E-state index >= 15 is 0 Å². The van der Waals surface area contributed by atoms with Crippen molar-refractivity contribution in [1.82, 2.24) is 0 Å². The summed E-state index contributed by atoms with van der Waals surface area (Å²) >= 11 is 1.96. The Labute approximate surface area is 66.8 Å². The minimum absolute atomic E-state index is 1.00. The van der Waals surface area contributed by atoms with Crippen molar-refractivity contribution in [3.05, 3.63) is 12.2 Å². The molecular weight excluding hydrogens is 144 g/mol. The molecule has 0 aromatic rings. The zero-order valence-corrected chi connectivity index (χ0v) is 7.03. The van der Waals surface area contributed by atoms with Gasteiger partial charge in [0.2, 0.25) is 0 Å². The summed E-state index contributed by atoms with van der Waals surface area (Å²) in [5.74, 6) is 2.47. The SMILES string of the molecule is C1=CCSC1.C1CCOC1. The van der Waals surface area contributed by atoms with E-state index in [0.717, 1.165) is 13.2 Å². The van der Waals surface area contributed by atoms with E-state index in [0.29, 0.717) is 0 Å². The van der Waals surface area contributed by atoms with Crippen molar-refractivity contribution < 1.29 is 4.74 Å². The Bertz CT molecular complexity index is 83.8. The summed E-state index contributed by atoms with van der Waals surface area (Å²) < 4.78 is 4.94. The maximum Gasteiger partial charge on any atom is 0.0466 e. The quantitative estimate of drug-likeness (QED) is 0.499. The van der Waals surface area contributed by atoms with E-state index in [9.17, 15) is 0 Å². The summed E-state index contributed by atoms with van der Waals surface area (Å²) in [4.78, 5) is 0. The molecule has 2 rings (SSSR count). The highest BCUT2D eigenvalue weighted by molar-refractivity contribution is 7.99. The lowest BCUT2D eigenvalue weighted by atomic mass is 10.4. The van der Waals surface area contributed by atoms with E-state index in [4.69, 9.17) is 4.74 Å². The molecule has 58 valence electrons. The first kappa shape index (κ1) is 8.15. The van der Waals surface area contributed by atoms with Gasteiger partial charge in [-0.3, -0.25) is 0 Å². The third kappa shape index (κ3) is 3.96. The Kier molecular flexibility index (Phi) is 4.73. The first-order valence-electron chi connectivity index (χ1n) is 3.80. The summed E-state index contributed by atoms with van der Waals surface area (Å²) in [6.07, 6.45) is 6.95. The molecule has 1 saturated heterocycles. The van der Waals surface area contributed by atoms with E-state index in [1.54, 1.807) is 0 Å². The van der Waals surface area contributed by atoms with Crippen molar-refractivity contribution in [2.75, 3.05) is 24.7 Å². The average Bonchev–Trinajstić information content (AvgIpc) is 2.67. The largest absolute Gasteiger partial charge is 0.381 e. The molecule has 10 heavy (non-hydrogen) atoms. The number of hydrogen-bond acceptors (Lipinski definition) is 2. The summed E-state index contributed by atoms with van der Waals surface area (Å²) in [5.41, 5.74) is 0. The van der Waals surface area contributed by atoms with Gasteiger partial charge in [-0.25, -0.2) is 0 Å². The number of rotatable bonds is 0. The van der Waals surface area contributed by atoms with Crippen LogP contribution in [0, 0.1) is 0 Å². The molecule has 0 bridgehead atoms. The first-order chi connectivity index (χ1) is 5.00.